The molecule has 0 fully saturated rings. The molecular formula is C21H26N2O3. The van der Waals surface area contributed by atoms with Gasteiger partial charge in [-0.05, 0) is 42.9 Å². The second kappa shape index (κ2) is 10.4. The first kappa shape index (κ1) is 19.7. The zero-order valence-corrected chi connectivity index (χ0v) is 15.4. The molecule has 1 unspecified atom stereocenters. The maximum atomic E-state index is 12.2. The van der Waals surface area contributed by atoms with Crippen molar-refractivity contribution < 1.29 is 14.3 Å². The van der Waals surface area contributed by atoms with Crippen LogP contribution < -0.4 is 10.1 Å². The van der Waals surface area contributed by atoms with Crippen LogP contribution in [0, 0.1) is 0 Å². The SMILES string of the molecule is CCN(CC)C(CNC(=O)COc1ccc(C=O)cc1)c1ccccc1. The van der Waals surface area contributed by atoms with E-state index in [-0.39, 0.29) is 18.6 Å². The average molecular weight is 354 g/mol. The Morgan fingerprint density at radius 1 is 1.08 bits per heavy atom. The Hall–Kier alpha value is -2.66. The molecule has 0 spiro atoms. The molecule has 0 heterocycles. The topological polar surface area (TPSA) is 58.6 Å². The van der Waals surface area contributed by atoms with Gasteiger partial charge in [0, 0.05) is 12.1 Å². The van der Waals surface area contributed by atoms with Gasteiger partial charge in [-0.25, -0.2) is 0 Å². The van der Waals surface area contributed by atoms with Crippen molar-refractivity contribution in [3.8, 4) is 5.75 Å². The summed E-state index contributed by atoms with van der Waals surface area (Å²) < 4.78 is 5.48. The van der Waals surface area contributed by atoms with Gasteiger partial charge < -0.3 is 10.1 Å². The van der Waals surface area contributed by atoms with E-state index in [1.165, 1.54) is 5.56 Å². The molecule has 0 aliphatic heterocycles. The van der Waals surface area contributed by atoms with Gasteiger partial charge in [-0.2, -0.15) is 0 Å². The summed E-state index contributed by atoms with van der Waals surface area (Å²) in [4.78, 5) is 25.1. The number of hydrogen-bond acceptors (Lipinski definition) is 4. The summed E-state index contributed by atoms with van der Waals surface area (Å²) in [6.45, 7) is 6.52. The van der Waals surface area contributed by atoms with Crippen molar-refractivity contribution in [2.24, 2.45) is 0 Å². The Morgan fingerprint density at radius 3 is 2.31 bits per heavy atom. The fraction of sp³-hybridized carbons (Fsp3) is 0.333. The van der Waals surface area contributed by atoms with Crippen molar-refractivity contribution >= 4 is 12.2 Å². The summed E-state index contributed by atoms with van der Waals surface area (Å²) in [5.74, 6) is 0.395. The fourth-order valence-corrected chi connectivity index (χ4v) is 2.85. The van der Waals surface area contributed by atoms with Crippen molar-refractivity contribution in [1.29, 1.82) is 0 Å². The Labute approximate surface area is 155 Å². The first-order chi connectivity index (χ1) is 12.7. The van der Waals surface area contributed by atoms with Gasteiger partial charge in [-0.1, -0.05) is 44.2 Å². The van der Waals surface area contributed by atoms with Crippen LogP contribution in [-0.4, -0.2) is 43.3 Å². The number of benzene rings is 2. The second-order valence-electron chi connectivity index (χ2n) is 5.93. The van der Waals surface area contributed by atoms with E-state index in [4.69, 9.17) is 4.74 Å². The van der Waals surface area contributed by atoms with E-state index >= 15 is 0 Å². The van der Waals surface area contributed by atoms with Crippen molar-refractivity contribution in [1.82, 2.24) is 10.2 Å². The highest BCUT2D eigenvalue weighted by Crippen LogP contribution is 2.19. The molecule has 2 aromatic carbocycles. The lowest BCUT2D eigenvalue weighted by Crippen LogP contribution is -2.39. The molecule has 1 N–H and O–H groups in total. The quantitative estimate of drug-likeness (QED) is 0.666. The van der Waals surface area contributed by atoms with Gasteiger partial charge in [0.15, 0.2) is 6.61 Å². The molecule has 0 radical (unpaired) electrons. The second-order valence-corrected chi connectivity index (χ2v) is 5.93. The van der Waals surface area contributed by atoms with Gasteiger partial charge in [-0.3, -0.25) is 14.5 Å². The molecule has 1 amide bonds. The lowest BCUT2D eigenvalue weighted by molar-refractivity contribution is -0.123. The van der Waals surface area contributed by atoms with Gasteiger partial charge in [0.05, 0.1) is 6.04 Å². The number of nitrogens with zero attached hydrogens (tertiary/aromatic N) is 1. The van der Waals surface area contributed by atoms with Crippen molar-refractivity contribution in [3.05, 3.63) is 65.7 Å². The van der Waals surface area contributed by atoms with E-state index in [2.05, 4.69) is 36.2 Å². The van der Waals surface area contributed by atoms with Gasteiger partial charge in [0.1, 0.15) is 12.0 Å². The van der Waals surface area contributed by atoms with Crippen LogP contribution >= 0.6 is 0 Å². The number of carbonyl (C=O) groups is 2. The number of nitrogens with one attached hydrogen (secondary N) is 1. The zero-order chi connectivity index (χ0) is 18.8. The standard InChI is InChI=1S/C21H26N2O3/c1-3-23(4-2)20(18-8-6-5-7-9-18)14-22-21(25)16-26-19-12-10-17(15-24)11-13-19/h5-13,15,20H,3-4,14,16H2,1-2H3,(H,22,25). The van der Waals surface area contributed by atoms with Crippen LogP contribution in [0.3, 0.4) is 0 Å². The van der Waals surface area contributed by atoms with E-state index in [9.17, 15) is 9.59 Å². The number of rotatable bonds is 10. The summed E-state index contributed by atoms with van der Waals surface area (Å²) in [7, 11) is 0. The predicted molar refractivity (Wildman–Crippen MR) is 102 cm³/mol. The molecule has 26 heavy (non-hydrogen) atoms. The van der Waals surface area contributed by atoms with Crippen molar-refractivity contribution in [2.45, 2.75) is 19.9 Å². The van der Waals surface area contributed by atoms with Gasteiger partial charge >= 0.3 is 0 Å². The number of hydrogen-bond donors (Lipinski definition) is 1. The average Bonchev–Trinajstić information content (AvgIpc) is 2.70. The fourth-order valence-electron chi connectivity index (χ4n) is 2.85. The molecule has 0 bridgehead atoms. The Kier molecular flexibility index (Phi) is 7.83. The van der Waals surface area contributed by atoms with E-state index < -0.39 is 0 Å². The van der Waals surface area contributed by atoms with Crippen molar-refractivity contribution in [3.63, 3.8) is 0 Å². The lowest BCUT2D eigenvalue weighted by Gasteiger charge is -2.30. The molecule has 138 valence electrons. The van der Waals surface area contributed by atoms with Crippen LogP contribution in [0.4, 0.5) is 0 Å². The summed E-state index contributed by atoms with van der Waals surface area (Å²) >= 11 is 0. The minimum absolute atomic E-state index is 0.0554. The van der Waals surface area contributed by atoms with E-state index in [0.717, 1.165) is 19.4 Å². The smallest absolute Gasteiger partial charge is 0.258 e. The molecule has 2 aromatic rings. The molecule has 0 aliphatic rings. The molecule has 0 saturated heterocycles. The number of likely N-dealkylation sites (N-methyl/N-ethyl adjacent to an activating group) is 1. The largest absolute Gasteiger partial charge is 0.484 e. The predicted octanol–water partition coefficient (Wildman–Crippen LogP) is 3.08. The maximum Gasteiger partial charge on any atom is 0.258 e. The van der Waals surface area contributed by atoms with Gasteiger partial charge in [0.2, 0.25) is 0 Å². The normalized spacial score (nSPS) is 11.8. The van der Waals surface area contributed by atoms with Crippen molar-refractivity contribution in [2.75, 3.05) is 26.2 Å². The number of aldehydes is 1. The summed E-state index contributed by atoms with van der Waals surface area (Å²) in [6.07, 6.45) is 0.771. The highest BCUT2D eigenvalue weighted by atomic mass is 16.5. The molecule has 2 rings (SSSR count). The molecule has 5 heteroatoms. The lowest BCUT2D eigenvalue weighted by atomic mass is 10.1. The van der Waals surface area contributed by atoms with E-state index in [1.54, 1.807) is 24.3 Å². The summed E-state index contributed by atoms with van der Waals surface area (Å²) in [5, 5.41) is 2.96. The maximum absolute atomic E-state index is 12.2. The number of carbonyl (C=O) groups excluding carboxylic acids is 2. The van der Waals surface area contributed by atoms with Crippen LogP contribution in [0.1, 0.15) is 35.8 Å². The summed E-state index contributed by atoms with van der Waals surface area (Å²) in [6, 6.07) is 17.0. The van der Waals surface area contributed by atoms with Crippen LogP contribution in [0.2, 0.25) is 0 Å². The zero-order valence-electron chi connectivity index (χ0n) is 15.4. The Bertz CT molecular complexity index is 682. The molecule has 0 aromatic heterocycles. The summed E-state index contributed by atoms with van der Waals surface area (Å²) in [5.41, 5.74) is 1.76. The van der Waals surface area contributed by atoms with Gasteiger partial charge in [-0.15, -0.1) is 0 Å². The van der Waals surface area contributed by atoms with Crippen LogP contribution in [0.15, 0.2) is 54.6 Å². The minimum atomic E-state index is -0.169. The third-order valence-corrected chi connectivity index (χ3v) is 4.32. The first-order valence-electron chi connectivity index (χ1n) is 8.91. The number of ether oxygens (including phenoxy) is 1. The molecule has 0 aliphatic carbocycles. The Morgan fingerprint density at radius 2 is 1.73 bits per heavy atom. The van der Waals surface area contributed by atoms with Gasteiger partial charge in [0.25, 0.3) is 5.91 Å². The molecule has 0 saturated carbocycles. The minimum Gasteiger partial charge on any atom is -0.484 e. The number of amides is 1. The third-order valence-electron chi connectivity index (χ3n) is 4.32. The van der Waals surface area contributed by atoms with E-state index in [1.807, 2.05) is 18.2 Å². The highest BCUT2D eigenvalue weighted by Gasteiger charge is 2.18. The first-order valence-corrected chi connectivity index (χ1v) is 8.91. The van der Waals surface area contributed by atoms with Crippen LogP contribution in [0.25, 0.3) is 0 Å². The molecule has 1 atom stereocenters. The molecule has 5 nitrogen and oxygen atoms in total. The van der Waals surface area contributed by atoms with Crippen LogP contribution in [0.5, 0.6) is 5.75 Å². The highest BCUT2D eigenvalue weighted by molar-refractivity contribution is 5.77. The van der Waals surface area contributed by atoms with E-state index in [0.29, 0.717) is 17.9 Å². The molecular weight excluding hydrogens is 328 g/mol. The van der Waals surface area contributed by atoms with Crippen LogP contribution in [-0.2, 0) is 4.79 Å². The third kappa shape index (κ3) is 5.70. The Balaban J connectivity index is 1.90. The monoisotopic (exact) mass is 354 g/mol.